The number of aryl methyl sites for hydroxylation is 6. The molecule has 0 saturated carbocycles. The van der Waals surface area contributed by atoms with E-state index in [-0.39, 0.29) is 58.9 Å². The van der Waals surface area contributed by atoms with Crippen LogP contribution in [-0.4, -0.2) is 8.07 Å². The maximum atomic E-state index is 3.71. The summed E-state index contributed by atoms with van der Waals surface area (Å²) < 4.78 is 0. The molecule has 0 atom stereocenters. The van der Waals surface area contributed by atoms with E-state index in [1.165, 1.54) is 65.3 Å². The van der Waals surface area contributed by atoms with Crippen LogP contribution < -0.4 is 52.8 Å². The average Bonchev–Trinajstić information content (AvgIpc) is 3.28. The van der Waals surface area contributed by atoms with Crippen molar-refractivity contribution in [3.8, 4) is 0 Å². The molecule has 0 radical (unpaired) electrons. The number of rotatable bonds is 5. The minimum atomic E-state index is -2.64. The van der Waals surface area contributed by atoms with Gasteiger partial charge in [-0.15, -0.1) is 17.7 Å². The summed E-state index contributed by atoms with van der Waals surface area (Å²) >= 11 is 0. The van der Waals surface area contributed by atoms with Crippen LogP contribution in [0.1, 0.15) is 45.4 Å². The van der Waals surface area contributed by atoms with E-state index in [9.17, 15) is 0 Å². The van der Waals surface area contributed by atoms with Crippen LogP contribution in [0.3, 0.4) is 0 Å². The number of benzene rings is 4. The number of hydrogen-bond donors (Lipinski definition) is 0. The molecule has 204 valence electrons. The molecule has 1 aliphatic carbocycles. The summed E-state index contributed by atoms with van der Waals surface area (Å²) in [6.07, 6.45) is 6.91. The van der Waals surface area contributed by atoms with Gasteiger partial charge in [0.05, 0.1) is 0 Å². The number of halogens is 3. The third kappa shape index (κ3) is 6.96. The molecule has 5 rings (SSSR count). The van der Waals surface area contributed by atoms with Crippen molar-refractivity contribution in [3.05, 3.63) is 141 Å². The van der Waals surface area contributed by atoms with Crippen LogP contribution in [0.25, 0.3) is 5.57 Å². The summed E-state index contributed by atoms with van der Waals surface area (Å²) in [5, 5.41) is 5.94. The molecule has 4 aromatic rings. The van der Waals surface area contributed by atoms with Gasteiger partial charge in [-0.2, -0.15) is 22.9 Å². The van der Waals surface area contributed by atoms with Crippen molar-refractivity contribution in [2.75, 3.05) is 0 Å². The molecular weight excluding hydrogens is 603 g/mol. The monoisotopic (exact) mass is 636 g/mol. The predicted octanol–water partition coefficient (Wildman–Crippen LogP) is -2.23. The molecule has 0 amide bonds. The molecule has 0 heterocycles. The first-order valence-corrected chi connectivity index (χ1v) is 14.9. The first-order valence-electron chi connectivity index (χ1n) is 12.9. The molecule has 0 nitrogen and oxygen atoms in total. The Morgan fingerprint density at radius 1 is 0.525 bits per heavy atom. The van der Waals surface area contributed by atoms with Crippen LogP contribution in [0.5, 0.6) is 0 Å². The largest absolute Gasteiger partial charge is 4.00 e. The van der Waals surface area contributed by atoms with Crippen LogP contribution >= 0.6 is 0 Å². The first kappa shape index (κ1) is 36.2. The van der Waals surface area contributed by atoms with Gasteiger partial charge in [-0.05, 0) is 41.5 Å². The van der Waals surface area contributed by atoms with Gasteiger partial charge < -0.3 is 37.2 Å². The predicted molar refractivity (Wildman–Crippen MR) is 158 cm³/mol. The van der Waals surface area contributed by atoms with Crippen LogP contribution in [-0.2, 0) is 21.7 Å². The van der Waals surface area contributed by atoms with E-state index in [0.29, 0.717) is 0 Å². The smallest absolute Gasteiger partial charge is 1.00 e. The Morgan fingerprint density at radius 2 is 0.875 bits per heavy atom. The summed E-state index contributed by atoms with van der Waals surface area (Å²) in [7, 11) is -2.64. The van der Waals surface area contributed by atoms with E-state index < -0.39 is 8.07 Å². The quantitative estimate of drug-likeness (QED) is 0.132. The third-order valence-corrected chi connectivity index (χ3v) is 12.2. The molecule has 4 aromatic carbocycles. The SMILES string of the molecule is Cc1cc(C)cc([Si](C2=C(c3ccccc3)[C-]=CC2)(c2cc(C)cc(C)c2)c2cc(C)cc(C)c2)c1.[Cl-].[Cl-].[Cl-].[Ti+4]. The van der Waals surface area contributed by atoms with E-state index in [1.54, 1.807) is 0 Å². The van der Waals surface area contributed by atoms with E-state index >= 15 is 0 Å². The van der Waals surface area contributed by atoms with Gasteiger partial charge >= 0.3 is 21.7 Å². The van der Waals surface area contributed by atoms with Crippen molar-refractivity contribution in [2.45, 2.75) is 48.0 Å². The molecular formula is C35H35Cl3SiTi. The first-order chi connectivity index (χ1) is 17.3. The van der Waals surface area contributed by atoms with E-state index in [4.69, 9.17) is 0 Å². The van der Waals surface area contributed by atoms with Crippen LogP contribution in [0.2, 0.25) is 0 Å². The molecule has 1 aliphatic rings. The van der Waals surface area contributed by atoms with Gasteiger partial charge in [-0.3, -0.25) is 0 Å². The summed E-state index contributed by atoms with van der Waals surface area (Å²) in [6, 6.07) is 32.6. The van der Waals surface area contributed by atoms with E-state index in [2.05, 4.69) is 139 Å². The standard InChI is InChI=1S/C35H35Si.3ClH.Ti/c1-24-15-25(2)19-31(18-24)36(32-20-26(3)16-27(4)21-32,33-22-28(5)17-29(6)23-33)35-14-10-13-34(35)30-11-8-7-9-12-30;;;;/h7-12,15-23H,14H2,1-6H3;3*1H;/q-1;;;;+4/p-3. The minimum Gasteiger partial charge on any atom is -1.00 e. The van der Waals surface area contributed by atoms with Gasteiger partial charge in [0.15, 0.2) is 0 Å². The molecule has 0 unspecified atom stereocenters. The second-order valence-corrected chi connectivity index (χ2v) is 14.5. The minimum absolute atomic E-state index is 0. The Bertz CT molecular complexity index is 1340. The van der Waals surface area contributed by atoms with Crippen LogP contribution in [0.15, 0.2) is 96.2 Å². The molecule has 40 heavy (non-hydrogen) atoms. The molecule has 5 heteroatoms. The third-order valence-electron chi connectivity index (χ3n) is 7.33. The van der Waals surface area contributed by atoms with Gasteiger partial charge in [-0.25, -0.2) is 0 Å². The molecule has 0 aliphatic heterocycles. The summed E-state index contributed by atoms with van der Waals surface area (Å²) in [6.45, 7) is 13.4. The van der Waals surface area contributed by atoms with Crippen LogP contribution in [0, 0.1) is 47.6 Å². The Hall–Kier alpha value is -1.84. The zero-order valence-corrected chi connectivity index (χ0v) is 28.8. The van der Waals surface area contributed by atoms with Crippen molar-refractivity contribution < 1.29 is 58.9 Å². The maximum absolute atomic E-state index is 3.71. The average molecular weight is 638 g/mol. The fourth-order valence-corrected chi connectivity index (χ4v) is 12.0. The normalized spacial score (nSPS) is 12.2. The molecule has 0 aromatic heterocycles. The topological polar surface area (TPSA) is 0 Å². The van der Waals surface area contributed by atoms with Gasteiger partial charge in [0.25, 0.3) is 0 Å². The van der Waals surface area contributed by atoms with Crippen molar-refractivity contribution in [1.82, 2.24) is 0 Å². The van der Waals surface area contributed by atoms with Crippen molar-refractivity contribution in [1.29, 1.82) is 0 Å². The van der Waals surface area contributed by atoms with E-state index in [1.807, 2.05) is 0 Å². The van der Waals surface area contributed by atoms with E-state index in [0.717, 1.165) is 6.42 Å². The second-order valence-electron chi connectivity index (χ2n) is 10.7. The van der Waals surface area contributed by atoms with Gasteiger partial charge in [0.2, 0.25) is 0 Å². The second kappa shape index (κ2) is 14.9. The Balaban J connectivity index is 0.00000200. The Labute approximate surface area is 275 Å². The molecule has 0 saturated heterocycles. The maximum Gasteiger partial charge on any atom is 4.00 e. The Morgan fingerprint density at radius 3 is 1.23 bits per heavy atom. The fourth-order valence-electron chi connectivity index (χ4n) is 6.24. The summed E-state index contributed by atoms with van der Waals surface area (Å²) in [5.41, 5.74) is 10.5. The van der Waals surface area contributed by atoms with Crippen molar-refractivity contribution in [2.24, 2.45) is 0 Å². The van der Waals surface area contributed by atoms with Crippen molar-refractivity contribution >= 4 is 29.2 Å². The van der Waals surface area contributed by atoms with Gasteiger partial charge in [0.1, 0.15) is 8.07 Å². The zero-order chi connectivity index (χ0) is 25.4. The van der Waals surface area contributed by atoms with Crippen LogP contribution in [0.4, 0.5) is 0 Å². The zero-order valence-electron chi connectivity index (χ0n) is 24.0. The molecule has 0 fully saturated rings. The fraction of sp³-hybridized carbons (Fsp3) is 0.200. The number of allylic oxidation sites excluding steroid dienone is 4. The molecule has 0 N–H and O–H groups in total. The molecule has 0 bridgehead atoms. The van der Waals surface area contributed by atoms with Gasteiger partial charge in [-0.1, -0.05) is 128 Å². The summed E-state index contributed by atoms with van der Waals surface area (Å²) in [4.78, 5) is 0. The Kier molecular flexibility index (Phi) is 13.5. The summed E-state index contributed by atoms with van der Waals surface area (Å²) in [5.74, 6) is 0. The van der Waals surface area contributed by atoms with Crippen molar-refractivity contribution in [3.63, 3.8) is 0 Å². The molecule has 0 spiro atoms. The van der Waals surface area contributed by atoms with Gasteiger partial charge in [0, 0.05) is 0 Å². The number of hydrogen-bond acceptors (Lipinski definition) is 0.